The van der Waals surface area contributed by atoms with E-state index in [-0.39, 0.29) is 5.91 Å². The van der Waals surface area contributed by atoms with Gasteiger partial charge >= 0.3 is 0 Å². The quantitative estimate of drug-likeness (QED) is 0.230. The Balaban J connectivity index is 1.66. The maximum Gasteiger partial charge on any atom is 0.256 e. The second-order valence-corrected chi connectivity index (χ2v) is 9.63. The lowest BCUT2D eigenvalue weighted by atomic mass is 10.2. The minimum absolute atomic E-state index is 0.186. The van der Waals surface area contributed by atoms with E-state index in [0.717, 1.165) is 17.2 Å². The van der Waals surface area contributed by atoms with Crippen molar-refractivity contribution < 1.29 is 9.21 Å². The van der Waals surface area contributed by atoms with Gasteiger partial charge in [0, 0.05) is 17.3 Å². The Labute approximate surface area is 201 Å². The number of anilines is 1. The van der Waals surface area contributed by atoms with E-state index in [1.165, 1.54) is 0 Å². The third kappa shape index (κ3) is 4.22. The lowest BCUT2D eigenvalue weighted by Crippen LogP contribution is -2.13. The molecule has 28 heavy (non-hydrogen) atoms. The van der Waals surface area contributed by atoms with E-state index in [4.69, 9.17) is 16.0 Å². The number of hydrogen-bond acceptors (Lipinski definition) is 3. The molecule has 0 aliphatic carbocycles. The summed E-state index contributed by atoms with van der Waals surface area (Å²) >= 11 is 14.0. The number of nitrogens with zero attached hydrogens (tertiary/aromatic N) is 1. The SMILES string of the molecule is O=C(Nc1ccc2oc(-c3cc(I)ccc3Cl)nc2c1)c1cc(Br)ccc1I. The first kappa shape index (κ1) is 20.1. The van der Waals surface area contributed by atoms with Gasteiger partial charge in [-0.15, -0.1) is 0 Å². The summed E-state index contributed by atoms with van der Waals surface area (Å²) < 4.78 is 8.61. The molecular formula is C20H10BrClI2N2O2. The molecule has 4 aromatic rings. The van der Waals surface area contributed by atoms with Crippen molar-refractivity contribution in [2.24, 2.45) is 0 Å². The molecule has 0 unspecified atom stereocenters. The zero-order chi connectivity index (χ0) is 19.8. The lowest BCUT2D eigenvalue weighted by molar-refractivity contribution is 0.102. The van der Waals surface area contributed by atoms with Gasteiger partial charge in [-0.1, -0.05) is 27.5 Å². The second kappa shape index (κ2) is 8.29. The summed E-state index contributed by atoms with van der Waals surface area (Å²) in [5.41, 5.74) is 3.24. The van der Waals surface area contributed by atoms with E-state index in [9.17, 15) is 4.79 Å². The van der Waals surface area contributed by atoms with Crippen LogP contribution in [0.4, 0.5) is 5.69 Å². The summed E-state index contributed by atoms with van der Waals surface area (Å²) in [6, 6.07) is 16.6. The summed E-state index contributed by atoms with van der Waals surface area (Å²) in [4.78, 5) is 17.2. The average Bonchev–Trinajstić information content (AvgIpc) is 3.08. The van der Waals surface area contributed by atoms with Crippen molar-refractivity contribution in [2.75, 3.05) is 5.32 Å². The van der Waals surface area contributed by atoms with Crippen LogP contribution in [-0.4, -0.2) is 10.9 Å². The van der Waals surface area contributed by atoms with Gasteiger partial charge in [-0.2, -0.15) is 0 Å². The molecule has 0 fully saturated rings. The Hall–Kier alpha value is -1.17. The van der Waals surface area contributed by atoms with Crippen LogP contribution in [0.2, 0.25) is 5.02 Å². The maximum absolute atomic E-state index is 12.6. The second-order valence-electron chi connectivity index (χ2n) is 5.90. The summed E-state index contributed by atoms with van der Waals surface area (Å²) in [6.45, 7) is 0. The van der Waals surface area contributed by atoms with E-state index in [2.05, 4.69) is 71.4 Å². The molecule has 1 N–H and O–H groups in total. The van der Waals surface area contributed by atoms with E-state index in [0.29, 0.717) is 33.3 Å². The van der Waals surface area contributed by atoms with Crippen LogP contribution in [0.3, 0.4) is 0 Å². The molecule has 0 saturated heterocycles. The molecule has 1 heterocycles. The van der Waals surface area contributed by atoms with Crippen LogP contribution in [-0.2, 0) is 0 Å². The van der Waals surface area contributed by atoms with Gasteiger partial charge in [0.2, 0.25) is 5.89 Å². The molecule has 0 aliphatic heterocycles. The Morgan fingerprint density at radius 2 is 1.89 bits per heavy atom. The number of carbonyl (C=O) groups excluding carboxylic acids is 1. The molecule has 1 aromatic heterocycles. The van der Waals surface area contributed by atoms with Crippen LogP contribution < -0.4 is 5.32 Å². The monoisotopic (exact) mass is 678 g/mol. The largest absolute Gasteiger partial charge is 0.436 e. The number of fused-ring (bicyclic) bond motifs is 1. The number of benzene rings is 3. The van der Waals surface area contributed by atoms with E-state index < -0.39 is 0 Å². The summed E-state index contributed by atoms with van der Waals surface area (Å²) in [5.74, 6) is 0.262. The zero-order valence-corrected chi connectivity index (χ0v) is 20.6. The topological polar surface area (TPSA) is 55.1 Å². The van der Waals surface area contributed by atoms with Crippen LogP contribution in [0.15, 0.2) is 63.5 Å². The Morgan fingerprint density at radius 3 is 2.71 bits per heavy atom. The Kier molecular flexibility index (Phi) is 5.96. The Morgan fingerprint density at radius 1 is 1.07 bits per heavy atom. The van der Waals surface area contributed by atoms with Gasteiger partial charge in [0.25, 0.3) is 5.91 Å². The van der Waals surface area contributed by atoms with Crippen molar-refractivity contribution in [3.63, 3.8) is 0 Å². The van der Waals surface area contributed by atoms with Gasteiger partial charge < -0.3 is 9.73 Å². The van der Waals surface area contributed by atoms with Crippen LogP contribution in [0.5, 0.6) is 0 Å². The van der Waals surface area contributed by atoms with Crippen molar-refractivity contribution >= 4 is 95.4 Å². The summed E-state index contributed by atoms with van der Waals surface area (Å²) in [6.07, 6.45) is 0. The molecule has 0 spiro atoms. The minimum Gasteiger partial charge on any atom is -0.436 e. The molecule has 0 bridgehead atoms. The normalized spacial score (nSPS) is 11.0. The number of nitrogens with one attached hydrogen (secondary N) is 1. The van der Waals surface area contributed by atoms with Crippen molar-refractivity contribution in [3.8, 4) is 11.5 Å². The molecule has 4 rings (SSSR count). The molecule has 0 radical (unpaired) electrons. The highest BCUT2D eigenvalue weighted by atomic mass is 127. The lowest BCUT2D eigenvalue weighted by Gasteiger charge is -2.07. The maximum atomic E-state index is 12.6. The predicted molar refractivity (Wildman–Crippen MR) is 132 cm³/mol. The fourth-order valence-corrected chi connectivity index (χ4v) is 4.28. The van der Waals surface area contributed by atoms with E-state index in [1.54, 1.807) is 24.3 Å². The number of carbonyl (C=O) groups is 1. The summed E-state index contributed by atoms with van der Waals surface area (Å²) in [5, 5.41) is 3.49. The van der Waals surface area contributed by atoms with Gasteiger partial charge in [0.15, 0.2) is 5.58 Å². The Bertz CT molecular complexity index is 1230. The highest BCUT2D eigenvalue weighted by molar-refractivity contribution is 14.1. The molecule has 0 saturated carbocycles. The van der Waals surface area contributed by atoms with Gasteiger partial charge in [-0.05, 0) is 99.8 Å². The minimum atomic E-state index is -0.186. The molecule has 0 atom stereocenters. The fourth-order valence-electron chi connectivity index (χ4n) is 2.65. The third-order valence-electron chi connectivity index (χ3n) is 3.98. The number of halogens is 4. The predicted octanol–water partition coefficient (Wildman–Crippen LogP) is 7.37. The highest BCUT2D eigenvalue weighted by Gasteiger charge is 2.15. The summed E-state index contributed by atoms with van der Waals surface area (Å²) in [7, 11) is 0. The van der Waals surface area contributed by atoms with Gasteiger partial charge in [0.1, 0.15) is 5.52 Å². The molecule has 4 nitrogen and oxygen atoms in total. The van der Waals surface area contributed by atoms with Crippen LogP contribution in [0, 0.1) is 7.14 Å². The van der Waals surface area contributed by atoms with E-state index >= 15 is 0 Å². The first-order chi connectivity index (χ1) is 13.4. The van der Waals surface area contributed by atoms with Gasteiger partial charge in [-0.25, -0.2) is 4.98 Å². The number of aromatic nitrogens is 1. The first-order valence-electron chi connectivity index (χ1n) is 8.03. The van der Waals surface area contributed by atoms with Crippen molar-refractivity contribution in [2.45, 2.75) is 0 Å². The van der Waals surface area contributed by atoms with Crippen LogP contribution in [0.25, 0.3) is 22.6 Å². The third-order valence-corrected chi connectivity index (χ3v) is 6.41. The van der Waals surface area contributed by atoms with Crippen LogP contribution >= 0.6 is 72.7 Å². The number of rotatable bonds is 3. The number of oxazole rings is 1. The molecule has 140 valence electrons. The standard InChI is InChI=1S/C20H10BrClI2N2O2/c21-10-1-5-16(24)14(7-10)19(27)25-12-3-6-18-17(9-12)26-20(28-18)13-8-11(23)2-4-15(13)22/h1-9H,(H,25,27). The molecule has 1 amide bonds. The smallest absolute Gasteiger partial charge is 0.256 e. The molecular weight excluding hydrogens is 669 g/mol. The van der Waals surface area contributed by atoms with Crippen molar-refractivity contribution in [1.29, 1.82) is 0 Å². The molecule has 0 aliphatic rings. The fraction of sp³-hybridized carbons (Fsp3) is 0. The van der Waals surface area contributed by atoms with Crippen molar-refractivity contribution in [1.82, 2.24) is 4.98 Å². The van der Waals surface area contributed by atoms with Crippen molar-refractivity contribution in [3.05, 3.63) is 76.8 Å². The average molecular weight is 679 g/mol. The first-order valence-corrected chi connectivity index (χ1v) is 11.4. The molecule has 3 aromatic carbocycles. The van der Waals surface area contributed by atoms with Crippen LogP contribution in [0.1, 0.15) is 10.4 Å². The number of hydrogen-bond donors (Lipinski definition) is 1. The van der Waals surface area contributed by atoms with Gasteiger partial charge in [0.05, 0.1) is 16.1 Å². The van der Waals surface area contributed by atoms with E-state index in [1.807, 2.05) is 30.3 Å². The highest BCUT2D eigenvalue weighted by Crippen LogP contribution is 2.32. The zero-order valence-electron chi connectivity index (χ0n) is 14.0. The molecule has 8 heteroatoms. The number of amides is 1. The van der Waals surface area contributed by atoms with Gasteiger partial charge in [-0.3, -0.25) is 4.79 Å².